The molecule has 0 spiro atoms. The normalized spacial score (nSPS) is 10.3. The summed E-state index contributed by atoms with van der Waals surface area (Å²) in [6, 6.07) is 25.8. The molecular formula is C25H25NO2. The fourth-order valence-corrected chi connectivity index (χ4v) is 2.72. The number of ether oxygens (including phenoxy) is 2. The van der Waals surface area contributed by atoms with E-state index in [-0.39, 0.29) is 0 Å². The Hall–Kier alpha value is -3.29. The van der Waals surface area contributed by atoms with E-state index in [2.05, 4.69) is 36.8 Å². The Bertz CT molecular complexity index is 956. The van der Waals surface area contributed by atoms with Crippen LogP contribution in [0.3, 0.4) is 0 Å². The molecule has 28 heavy (non-hydrogen) atoms. The first-order chi connectivity index (χ1) is 13.7. The monoisotopic (exact) mass is 371 g/mol. The molecule has 0 bridgehead atoms. The first-order valence-electron chi connectivity index (χ1n) is 9.42. The maximum atomic E-state index is 6.09. The molecule has 142 valence electrons. The molecule has 0 fully saturated rings. The van der Waals surface area contributed by atoms with E-state index >= 15 is 0 Å². The molecule has 3 nitrogen and oxygen atoms in total. The Kier molecular flexibility index (Phi) is 6.67. The third kappa shape index (κ3) is 5.12. The summed E-state index contributed by atoms with van der Waals surface area (Å²) in [5, 5.41) is 0. The molecule has 0 radical (unpaired) electrons. The van der Waals surface area contributed by atoms with Crippen LogP contribution >= 0.6 is 0 Å². The van der Waals surface area contributed by atoms with Gasteiger partial charge in [-0.2, -0.15) is 0 Å². The molecule has 0 aliphatic carbocycles. The van der Waals surface area contributed by atoms with Gasteiger partial charge in [-0.15, -0.1) is 0 Å². The maximum Gasteiger partial charge on any atom is 0.128 e. The summed E-state index contributed by atoms with van der Waals surface area (Å²) < 4.78 is 11.6. The number of rotatable bonds is 7. The summed E-state index contributed by atoms with van der Waals surface area (Å²) in [5.74, 6) is 5.24. The second kappa shape index (κ2) is 9.59. The number of hydrogen-bond acceptors (Lipinski definition) is 3. The van der Waals surface area contributed by atoms with E-state index in [1.807, 2.05) is 66.7 Å². The second-order valence-corrected chi connectivity index (χ2v) is 6.87. The van der Waals surface area contributed by atoms with Crippen LogP contribution in [-0.4, -0.2) is 19.6 Å². The lowest BCUT2D eigenvalue weighted by Crippen LogP contribution is -2.06. The summed E-state index contributed by atoms with van der Waals surface area (Å²) in [6.45, 7) is 4.90. The van der Waals surface area contributed by atoms with Gasteiger partial charge >= 0.3 is 0 Å². The van der Waals surface area contributed by atoms with Crippen LogP contribution in [0.5, 0.6) is 11.5 Å². The maximum absolute atomic E-state index is 6.09. The highest BCUT2D eigenvalue weighted by molar-refractivity contribution is 6.01. The SMILES string of the molecule is COc1ccc(OCC(C)C)c(C(=C=Nc2ccccc2)c2ccccc2)c1. The van der Waals surface area contributed by atoms with Crippen molar-refractivity contribution in [2.75, 3.05) is 13.7 Å². The van der Waals surface area contributed by atoms with Crippen molar-refractivity contribution >= 4 is 17.1 Å². The highest BCUT2D eigenvalue weighted by atomic mass is 16.5. The van der Waals surface area contributed by atoms with E-state index in [1.165, 1.54) is 0 Å². The Balaban J connectivity index is 2.16. The van der Waals surface area contributed by atoms with Crippen LogP contribution in [0.1, 0.15) is 25.0 Å². The molecule has 0 saturated carbocycles. The Labute approximate surface area is 167 Å². The van der Waals surface area contributed by atoms with Crippen LogP contribution in [0.25, 0.3) is 5.57 Å². The number of benzene rings is 3. The zero-order valence-electron chi connectivity index (χ0n) is 16.6. The van der Waals surface area contributed by atoms with E-state index in [4.69, 9.17) is 9.47 Å². The van der Waals surface area contributed by atoms with Gasteiger partial charge in [-0.1, -0.05) is 62.4 Å². The zero-order valence-corrected chi connectivity index (χ0v) is 16.6. The van der Waals surface area contributed by atoms with Gasteiger partial charge in [0.05, 0.1) is 25.0 Å². The number of nitrogens with zero attached hydrogens (tertiary/aromatic N) is 1. The van der Waals surface area contributed by atoms with Crippen LogP contribution in [-0.2, 0) is 0 Å². The Morgan fingerprint density at radius 3 is 2.25 bits per heavy atom. The van der Waals surface area contributed by atoms with E-state index in [0.717, 1.165) is 33.9 Å². The van der Waals surface area contributed by atoms with Crippen molar-refractivity contribution in [2.24, 2.45) is 10.9 Å². The van der Waals surface area contributed by atoms with Gasteiger partial charge in [0.25, 0.3) is 0 Å². The van der Waals surface area contributed by atoms with Gasteiger partial charge in [-0.3, -0.25) is 0 Å². The van der Waals surface area contributed by atoms with Gasteiger partial charge in [0.1, 0.15) is 11.5 Å². The first kappa shape index (κ1) is 19.5. The largest absolute Gasteiger partial charge is 0.497 e. The van der Waals surface area contributed by atoms with Gasteiger partial charge in [0.15, 0.2) is 0 Å². The molecule has 0 amide bonds. The minimum Gasteiger partial charge on any atom is -0.497 e. The Morgan fingerprint density at radius 1 is 0.929 bits per heavy atom. The van der Waals surface area contributed by atoms with Gasteiger partial charge < -0.3 is 9.47 Å². The predicted octanol–water partition coefficient (Wildman–Crippen LogP) is 6.16. The molecular weight excluding hydrogens is 346 g/mol. The molecule has 0 saturated heterocycles. The molecule has 0 aliphatic rings. The quantitative estimate of drug-likeness (QED) is 0.465. The van der Waals surface area contributed by atoms with Gasteiger partial charge in [0.2, 0.25) is 0 Å². The lowest BCUT2D eigenvalue weighted by Gasteiger charge is -2.15. The van der Waals surface area contributed by atoms with E-state index in [9.17, 15) is 0 Å². The summed E-state index contributed by atoms with van der Waals surface area (Å²) >= 11 is 0. The van der Waals surface area contributed by atoms with Crippen molar-refractivity contribution < 1.29 is 9.47 Å². The molecule has 3 heteroatoms. The van der Waals surface area contributed by atoms with Crippen LogP contribution in [0, 0.1) is 5.92 Å². The first-order valence-corrected chi connectivity index (χ1v) is 9.42. The lowest BCUT2D eigenvalue weighted by molar-refractivity contribution is 0.270. The highest BCUT2D eigenvalue weighted by Crippen LogP contribution is 2.33. The van der Waals surface area contributed by atoms with Gasteiger partial charge in [-0.05, 0) is 47.7 Å². The fourth-order valence-electron chi connectivity index (χ4n) is 2.72. The third-order valence-electron chi connectivity index (χ3n) is 4.14. The Morgan fingerprint density at radius 2 is 1.61 bits per heavy atom. The molecule has 0 aliphatic heterocycles. The van der Waals surface area contributed by atoms with Crippen LogP contribution in [0.15, 0.2) is 83.9 Å². The van der Waals surface area contributed by atoms with Crippen molar-refractivity contribution in [1.82, 2.24) is 0 Å². The van der Waals surface area contributed by atoms with Crippen molar-refractivity contribution in [3.63, 3.8) is 0 Å². The number of para-hydroxylation sites is 1. The third-order valence-corrected chi connectivity index (χ3v) is 4.14. The van der Waals surface area contributed by atoms with Crippen molar-refractivity contribution in [3.8, 4) is 11.5 Å². The van der Waals surface area contributed by atoms with E-state index in [0.29, 0.717) is 12.5 Å². The molecule has 3 aromatic carbocycles. The molecule has 0 aromatic heterocycles. The minimum atomic E-state index is 0.428. The summed E-state index contributed by atoms with van der Waals surface area (Å²) in [6.07, 6.45) is 0. The second-order valence-electron chi connectivity index (χ2n) is 6.87. The molecule has 3 rings (SSSR count). The zero-order chi connectivity index (χ0) is 19.8. The van der Waals surface area contributed by atoms with E-state index < -0.39 is 0 Å². The number of hydrogen-bond donors (Lipinski definition) is 0. The molecule has 0 heterocycles. The number of methoxy groups -OCH3 is 1. The molecule has 3 aromatic rings. The lowest BCUT2D eigenvalue weighted by atomic mass is 9.98. The van der Waals surface area contributed by atoms with Crippen LogP contribution < -0.4 is 9.47 Å². The minimum absolute atomic E-state index is 0.428. The highest BCUT2D eigenvalue weighted by Gasteiger charge is 2.14. The average Bonchev–Trinajstić information content (AvgIpc) is 2.74. The molecule has 0 atom stereocenters. The predicted molar refractivity (Wildman–Crippen MR) is 116 cm³/mol. The van der Waals surface area contributed by atoms with Crippen molar-refractivity contribution in [3.05, 3.63) is 90.0 Å². The van der Waals surface area contributed by atoms with Crippen LogP contribution in [0.2, 0.25) is 0 Å². The topological polar surface area (TPSA) is 30.8 Å². The van der Waals surface area contributed by atoms with Crippen molar-refractivity contribution in [2.45, 2.75) is 13.8 Å². The summed E-state index contributed by atoms with van der Waals surface area (Å²) in [7, 11) is 1.66. The molecule has 0 N–H and O–H groups in total. The smallest absolute Gasteiger partial charge is 0.128 e. The summed E-state index contributed by atoms with van der Waals surface area (Å²) in [5.41, 5.74) is 3.64. The van der Waals surface area contributed by atoms with Crippen LogP contribution in [0.4, 0.5) is 5.69 Å². The van der Waals surface area contributed by atoms with E-state index in [1.54, 1.807) is 7.11 Å². The van der Waals surface area contributed by atoms with Crippen molar-refractivity contribution in [1.29, 1.82) is 0 Å². The summed E-state index contributed by atoms with van der Waals surface area (Å²) in [4.78, 5) is 4.57. The number of aliphatic imine (C=N–C) groups is 1. The molecule has 0 unspecified atom stereocenters. The standard InChI is InChI=1S/C25H25NO2/c1-19(2)18-28-25-15-14-22(27-3)16-23(25)24(20-10-6-4-7-11-20)17-26-21-12-8-5-9-13-21/h4-16,19H,18H2,1-3H3. The fraction of sp³-hybridized carbons (Fsp3) is 0.200. The average molecular weight is 371 g/mol. The van der Waals surface area contributed by atoms with Gasteiger partial charge in [0, 0.05) is 5.56 Å². The van der Waals surface area contributed by atoms with Gasteiger partial charge in [-0.25, -0.2) is 4.99 Å².